The normalized spacial score (nSPS) is 13.2. The predicted octanol–water partition coefficient (Wildman–Crippen LogP) is -1.07. The molecule has 0 fully saturated rings. The highest BCUT2D eigenvalue weighted by Crippen LogP contribution is 1.93. The van der Waals surface area contributed by atoms with Gasteiger partial charge in [0.15, 0.2) is 9.84 Å². The van der Waals surface area contributed by atoms with Crippen molar-refractivity contribution in [2.75, 3.05) is 23.1 Å². The molecule has 0 aromatic rings. The Balaban J connectivity index is 4.12. The van der Waals surface area contributed by atoms with E-state index in [4.69, 9.17) is 11.6 Å². The number of sulfonamides is 1. The standard InChI is InChI=1S/C4H10ClNO4S2/c5-1-2-11(7,8)3-4-12(6,9)10/h1-4H2,(H2,6,9,10). The van der Waals surface area contributed by atoms with E-state index in [1.165, 1.54) is 0 Å². The molecule has 0 saturated heterocycles. The van der Waals surface area contributed by atoms with E-state index in [9.17, 15) is 16.8 Å². The van der Waals surface area contributed by atoms with Crippen molar-refractivity contribution in [1.29, 1.82) is 0 Å². The van der Waals surface area contributed by atoms with Gasteiger partial charge in [-0.1, -0.05) is 0 Å². The first-order valence-corrected chi connectivity index (χ1v) is 7.11. The Kier molecular flexibility index (Phi) is 4.46. The number of alkyl halides is 1. The van der Waals surface area contributed by atoms with Crippen molar-refractivity contribution in [3.63, 3.8) is 0 Å². The van der Waals surface area contributed by atoms with E-state index in [0.717, 1.165) is 0 Å². The van der Waals surface area contributed by atoms with E-state index in [-0.39, 0.29) is 11.6 Å². The molecule has 0 radical (unpaired) electrons. The van der Waals surface area contributed by atoms with Gasteiger partial charge < -0.3 is 0 Å². The molecule has 0 aromatic carbocycles. The van der Waals surface area contributed by atoms with Crippen molar-refractivity contribution in [2.45, 2.75) is 0 Å². The molecule has 74 valence electrons. The van der Waals surface area contributed by atoms with Gasteiger partial charge in [0.2, 0.25) is 10.0 Å². The number of rotatable bonds is 5. The molecule has 0 spiro atoms. The fraction of sp³-hybridized carbons (Fsp3) is 1.00. The van der Waals surface area contributed by atoms with Crippen LogP contribution in [0.15, 0.2) is 0 Å². The molecule has 0 saturated carbocycles. The maximum atomic E-state index is 10.9. The zero-order chi connectivity index (χ0) is 9.83. The number of hydrogen-bond acceptors (Lipinski definition) is 4. The van der Waals surface area contributed by atoms with Gasteiger partial charge >= 0.3 is 0 Å². The second-order valence-corrected chi connectivity index (χ2v) is 6.62. The quantitative estimate of drug-likeness (QED) is 0.614. The van der Waals surface area contributed by atoms with Crippen LogP contribution < -0.4 is 5.14 Å². The van der Waals surface area contributed by atoms with Crippen LogP contribution in [0.2, 0.25) is 0 Å². The van der Waals surface area contributed by atoms with Crippen LogP contribution in [0.4, 0.5) is 0 Å². The lowest BCUT2D eigenvalue weighted by atomic mass is 10.9. The average molecular weight is 236 g/mol. The van der Waals surface area contributed by atoms with E-state index >= 15 is 0 Å². The first kappa shape index (κ1) is 12.2. The molecule has 0 aliphatic rings. The molecule has 0 unspecified atom stereocenters. The smallest absolute Gasteiger partial charge is 0.210 e. The lowest BCUT2D eigenvalue weighted by Crippen LogP contribution is -2.24. The molecule has 0 heterocycles. The molecule has 12 heavy (non-hydrogen) atoms. The van der Waals surface area contributed by atoms with Crippen molar-refractivity contribution in [3.05, 3.63) is 0 Å². The molecule has 2 N–H and O–H groups in total. The summed E-state index contributed by atoms with van der Waals surface area (Å²) in [5.74, 6) is -1.26. The van der Waals surface area contributed by atoms with Crippen LogP contribution in [-0.4, -0.2) is 40.0 Å². The fourth-order valence-corrected chi connectivity index (χ4v) is 3.55. The molecule has 5 nitrogen and oxygen atoms in total. The van der Waals surface area contributed by atoms with Gasteiger partial charge in [0.1, 0.15) is 0 Å². The molecule has 0 aliphatic heterocycles. The second kappa shape index (κ2) is 4.40. The third-order valence-electron chi connectivity index (χ3n) is 1.07. The lowest BCUT2D eigenvalue weighted by molar-refractivity contribution is 0.589. The number of halogens is 1. The molecular weight excluding hydrogens is 226 g/mol. The summed E-state index contributed by atoms with van der Waals surface area (Å²) in [5, 5.41) is 4.61. The maximum absolute atomic E-state index is 10.9. The highest BCUT2D eigenvalue weighted by atomic mass is 35.5. The topological polar surface area (TPSA) is 94.3 Å². The highest BCUT2D eigenvalue weighted by Gasteiger charge is 2.13. The summed E-state index contributed by atoms with van der Waals surface area (Å²) in [6.45, 7) is 0. The first-order chi connectivity index (χ1) is 5.27. The maximum Gasteiger partial charge on any atom is 0.210 e. The van der Waals surface area contributed by atoms with Crippen LogP contribution in [0.1, 0.15) is 0 Å². The third-order valence-corrected chi connectivity index (χ3v) is 4.16. The van der Waals surface area contributed by atoms with Gasteiger partial charge in [0.25, 0.3) is 0 Å². The van der Waals surface area contributed by atoms with Crippen LogP contribution >= 0.6 is 11.6 Å². The Morgan fingerprint density at radius 3 is 1.83 bits per heavy atom. The molecule has 0 rings (SSSR count). The molecule has 0 amide bonds. The van der Waals surface area contributed by atoms with Crippen LogP contribution in [0, 0.1) is 0 Å². The molecule has 0 aromatic heterocycles. The zero-order valence-electron chi connectivity index (χ0n) is 6.23. The van der Waals surface area contributed by atoms with Crippen LogP contribution in [0.5, 0.6) is 0 Å². The predicted molar refractivity (Wildman–Crippen MR) is 47.3 cm³/mol. The first-order valence-electron chi connectivity index (χ1n) is 3.04. The number of nitrogens with two attached hydrogens (primary N) is 1. The summed E-state index contributed by atoms with van der Waals surface area (Å²) in [6, 6.07) is 0. The van der Waals surface area contributed by atoms with Crippen LogP contribution in [0.3, 0.4) is 0 Å². The van der Waals surface area contributed by atoms with Gasteiger partial charge in [-0.05, 0) is 0 Å². The number of hydrogen-bond donors (Lipinski definition) is 1. The van der Waals surface area contributed by atoms with Crippen molar-refractivity contribution < 1.29 is 16.8 Å². The van der Waals surface area contributed by atoms with Gasteiger partial charge in [-0.2, -0.15) is 0 Å². The van der Waals surface area contributed by atoms with E-state index in [1.54, 1.807) is 0 Å². The summed E-state index contributed by atoms with van der Waals surface area (Å²) in [6.07, 6.45) is 0. The molecule has 0 atom stereocenters. The second-order valence-electron chi connectivity index (χ2n) is 2.21. The van der Waals surface area contributed by atoms with E-state index < -0.39 is 31.4 Å². The minimum absolute atomic E-state index is 0.0348. The Bertz CT molecular complexity index is 319. The average Bonchev–Trinajstić information content (AvgIpc) is 1.83. The molecule has 0 aliphatic carbocycles. The Morgan fingerprint density at radius 1 is 1.00 bits per heavy atom. The van der Waals surface area contributed by atoms with Crippen molar-refractivity contribution in [1.82, 2.24) is 0 Å². The molecular formula is C4H10ClNO4S2. The van der Waals surface area contributed by atoms with Gasteiger partial charge in [-0.25, -0.2) is 22.0 Å². The third kappa shape index (κ3) is 6.84. The largest absolute Gasteiger partial charge is 0.229 e. The summed E-state index contributed by atoms with van der Waals surface area (Å²) >= 11 is 5.18. The molecule has 8 heteroatoms. The summed E-state index contributed by atoms with van der Waals surface area (Å²) in [4.78, 5) is 0. The monoisotopic (exact) mass is 235 g/mol. The van der Waals surface area contributed by atoms with Crippen LogP contribution in [0.25, 0.3) is 0 Å². The van der Waals surface area contributed by atoms with Crippen molar-refractivity contribution in [3.8, 4) is 0 Å². The summed E-state index contributed by atoms with van der Waals surface area (Å²) in [7, 11) is -7.05. The fourth-order valence-electron chi connectivity index (χ4n) is 0.463. The Hall–Kier alpha value is 0.150. The summed E-state index contributed by atoms with van der Waals surface area (Å²) in [5.41, 5.74) is 0. The lowest BCUT2D eigenvalue weighted by Gasteiger charge is -1.99. The minimum Gasteiger partial charge on any atom is -0.229 e. The minimum atomic E-state index is -3.70. The Labute approximate surface area is 76.9 Å². The van der Waals surface area contributed by atoms with Gasteiger partial charge in [0, 0.05) is 5.88 Å². The van der Waals surface area contributed by atoms with Crippen molar-refractivity contribution in [2.24, 2.45) is 5.14 Å². The van der Waals surface area contributed by atoms with Crippen molar-refractivity contribution >= 4 is 31.5 Å². The highest BCUT2D eigenvalue weighted by molar-refractivity contribution is 7.94. The van der Waals surface area contributed by atoms with E-state index in [2.05, 4.69) is 5.14 Å². The Morgan fingerprint density at radius 2 is 1.50 bits per heavy atom. The van der Waals surface area contributed by atoms with Gasteiger partial charge in [0.05, 0.1) is 17.3 Å². The number of primary sulfonamides is 1. The summed E-state index contributed by atoms with van der Waals surface area (Å²) < 4.78 is 42.5. The zero-order valence-corrected chi connectivity index (χ0v) is 8.62. The SMILES string of the molecule is NS(=O)(=O)CCS(=O)(=O)CCCl. The van der Waals surface area contributed by atoms with Gasteiger partial charge in [-0.15, -0.1) is 11.6 Å². The van der Waals surface area contributed by atoms with Gasteiger partial charge in [-0.3, -0.25) is 0 Å². The van der Waals surface area contributed by atoms with E-state index in [0.29, 0.717) is 0 Å². The van der Waals surface area contributed by atoms with Crippen LogP contribution in [-0.2, 0) is 19.9 Å². The molecule has 0 bridgehead atoms. The number of sulfone groups is 1. The van der Waals surface area contributed by atoms with E-state index in [1.807, 2.05) is 0 Å².